The monoisotopic (exact) mass is 332 g/mol. The fraction of sp³-hybridized carbons (Fsp3) is 0.667. The Labute approximate surface area is 144 Å². The number of piperazine rings is 1. The van der Waals surface area contributed by atoms with Crippen LogP contribution >= 0.6 is 0 Å². The van der Waals surface area contributed by atoms with Crippen LogP contribution in [-0.2, 0) is 6.42 Å². The van der Waals surface area contributed by atoms with Crippen molar-refractivity contribution in [1.29, 1.82) is 0 Å². The molecule has 0 bridgehead atoms. The number of rotatable bonds is 6. The van der Waals surface area contributed by atoms with E-state index in [1.54, 1.807) is 6.07 Å². The van der Waals surface area contributed by atoms with Gasteiger partial charge in [-0.2, -0.15) is 0 Å². The molecule has 24 heavy (non-hydrogen) atoms. The van der Waals surface area contributed by atoms with Crippen LogP contribution in [0.2, 0.25) is 0 Å². The lowest BCUT2D eigenvalue weighted by Crippen LogP contribution is -2.44. The summed E-state index contributed by atoms with van der Waals surface area (Å²) in [6.45, 7) is 7.48. The number of hydrogen-bond donors (Lipinski definition) is 0. The molecule has 0 N–H and O–H groups in total. The Morgan fingerprint density at radius 1 is 1.08 bits per heavy atom. The number of anilines is 1. The van der Waals surface area contributed by atoms with Crippen LogP contribution in [0, 0.1) is 10.1 Å². The van der Waals surface area contributed by atoms with Crippen molar-refractivity contribution in [2.45, 2.75) is 25.7 Å². The molecule has 132 valence electrons. The van der Waals surface area contributed by atoms with Crippen LogP contribution in [0.25, 0.3) is 0 Å². The molecule has 6 heteroatoms. The number of aryl methyl sites for hydroxylation is 1. The zero-order chi connectivity index (χ0) is 16.9. The number of hydrogen-bond acceptors (Lipinski definition) is 5. The van der Waals surface area contributed by atoms with Gasteiger partial charge in [-0.05, 0) is 50.9 Å². The van der Waals surface area contributed by atoms with Gasteiger partial charge in [-0.25, -0.2) is 0 Å². The Morgan fingerprint density at radius 2 is 1.79 bits per heavy atom. The minimum atomic E-state index is -0.225. The third-order valence-corrected chi connectivity index (χ3v) is 5.22. The minimum Gasteiger partial charge on any atom is -0.366 e. The van der Waals surface area contributed by atoms with Crippen molar-refractivity contribution in [3.63, 3.8) is 0 Å². The Kier molecular flexibility index (Phi) is 5.68. The molecule has 2 aliphatic heterocycles. The van der Waals surface area contributed by atoms with Crippen molar-refractivity contribution in [2.24, 2.45) is 0 Å². The van der Waals surface area contributed by atoms with Crippen LogP contribution in [0.4, 0.5) is 11.4 Å². The quantitative estimate of drug-likeness (QED) is 0.591. The highest BCUT2D eigenvalue weighted by Gasteiger charge is 2.22. The lowest BCUT2D eigenvalue weighted by atomic mass is 10.1. The van der Waals surface area contributed by atoms with Gasteiger partial charge in [0.05, 0.1) is 4.92 Å². The Balaban J connectivity index is 1.57. The molecule has 1 aromatic carbocycles. The molecular weight excluding hydrogens is 304 g/mol. The summed E-state index contributed by atoms with van der Waals surface area (Å²) in [5.41, 5.74) is 2.15. The van der Waals surface area contributed by atoms with E-state index in [-0.39, 0.29) is 10.6 Å². The predicted octanol–water partition coefficient (Wildman–Crippen LogP) is 2.38. The Hall–Kier alpha value is -1.66. The maximum Gasteiger partial charge on any atom is 0.292 e. The van der Waals surface area contributed by atoms with Gasteiger partial charge in [0, 0.05) is 45.3 Å². The van der Waals surface area contributed by atoms with Gasteiger partial charge in [0.1, 0.15) is 5.69 Å². The second kappa shape index (κ2) is 7.94. The second-order valence-electron chi connectivity index (χ2n) is 7.02. The zero-order valence-electron chi connectivity index (χ0n) is 14.6. The van der Waals surface area contributed by atoms with E-state index in [9.17, 15) is 10.1 Å². The summed E-state index contributed by atoms with van der Waals surface area (Å²) in [6.07, 6.45) is 4.23. The van der Waals surface area contributed by atoms with Crippen molar-refractivity contribution in [3.05, 3.63) is 33.9 Å². The third-order valence-electron chi connectivity index (χ3n) is 5.22. The molecule has 0 radical (unpaired) electrons. The molecule has 0 unspecified atom stereocenters. The largest absolute Gasteiger partial charge is 0.366 e. The average Bonchev–Trinajstić information content (AvgIpc) is 3.11. The maximum absolute atomic E-state index is 11.4. The molecule has 0 saturated carbocycles. The van der Waals surface area contributed by atoms with Gasteiger partial charge in [-0.1, -0.05) is 6.07 Å². The van der Waals surface area contributed by atoms with Crippen LogP contribution in [0.15, 0.2) is 18.2 Å². The summed E-state index contributed by atoms with van der Waals surface area (Å²) < 4.78 is 0. The van der Waals surface area contributed by atoms with E-state index in [1.165, 1.54) is 0 Å². The topological polar surface area (TPSA) is 52.9 Å². The zero-order valence-corrected chi connectivity index (χ0v) is 14.6. The summed E-state index contributed by atoms with van der Waals surface area (Å²) in [5, 5.41) is 11.4. The minimum absolute atomic E-state index is 0.225. The normalized spacial score (nSPS) is 19.8. The maximum atomic E-state index is 11.4. The van der Waals surface area contributed by atoms with Crippen molar-refractivity contribution >= 4 is 11.4 Å². The van der Waals surface area contributed by atoms with E-state index in [0.29, 0.717) is 0 Å². The van der Waals surface area contributed by atoms with Crippen LogP contribution < -0.4 is 4.90 Å². The van der Waals surface area contributed by atoms with Gasteiger partial charge in [0.2, 0.25) is 0 Å². The molecule has 0 aliphatic carbocycles. The van der Waals surface area contributed by atoms with E-state index >= 15 is 0 Å². The van der Waals surface area contributed by atoms with Crippen LogP contribution in [0.5, 0.6) is 0 Å². The molecule has 2 aliphatic rings. The molecule has 0 atom stereocenters. The van der Waals surface area contributed by atoms with Crippen molar-refractivity contribution < 1.29 is 4.92 Å². The van der Waals surface area contributed by atoms with Gasteiger partial charge in [-0.3, -0.25) is 10.1 Å². The molecule has 2 heterocycles. The molecule has 0 amide bonds. The highest BCUT2D eigenvalue weighted by Crippen LogP contribution is 2.31. The predicted molar refractivity (Wildman–Crippen MR) is 96.8 cm³/mol. The molecule has 6 nitrogen and oxygen atoms in total. The Morgan fingerprint density at radius 3 is 2.46 bits per heavy atom. The SMILES string of the molecule is CN1CCN(CCCc2ccc(N3CCCC3)c([N+](=O)[O-])c2)CC1. The van der Waals surface area contributed by atoms with E-state index < -0.39 is 0 Å². The third kappa shape index (κ3) is 4.24. The first-order chi connectivity index (χ1) is 11.6. The highest BCUT2D eigenvalue weighted by atomic mass is 16.6. The van der Waals surface area contributed by atoms with Crippen LogP contribution in [0.3, 0.4) is 0 Å². The van der Waals surface area contributed by atoms with Crippen LogP contribution in [-0.4, -0.2) is 67.6 Å². The summed E-state index contributed by atoms with van der Waals surface area (Å²) in [7, 11) is 2.17. The lowest BCUT2D eigenvalue weighted by Gasteiger charge is -2.32. The van der Waals surface area contributed by atoms with E-state index in [2.05, 4.69) is 27.8 Å². The summed E-state index contributed by atoms with van der Waals surface area (Å²) in [4.78, 5) is 18.2. The Bertz CT molecular complexity index is 564. The number of nitro groups is 1. The first-order valence-corrected chi connectivity index (χ1v) is 9.06. The van der Waals surface area contributed by atoms with Crippen molar-refractivity contribution in [3.8, 4) is 0 Å². The number of nitro benzene ring substituents is 1. The first-order valence-electron chi connectivity index (χ1n) is 9.06. The van der Waals surface area contributed by atoms with Gasteiger partial charge in [0.25, 0.3) is 5.69 Å². The fourth-order valence-electron chi connectivity index (χ4n) is 3.67. The second-order valence-corrected chi connectivity index (χ2v) is 7.02. The molecule has 0 aromatic heterocycles. The number of benzene rings is 1. The molecule has 3 rings (SSSR count). The van der Waals surface area contributed by atoms with Gasteiger partial charge >= 0.3 is 0 Å². The highest BCUT2D eigenvalue weighted by molar-refractivity contribution is 5.64. The van der Waals surface area contributed by atoms with Crippen molar-refractivity contribution in [2.75, 3.05) is 57.8 Å². The lowest BCUT2D eigenvalue weighted by molar-refractivity contribution is -0.384. The number of likely N-dealkylation sites (N-methyl/N-ethyl adjacent to an activating group) is 1. The standard InChI is InChI=1S/C18H28N4O2/c1-19-11-13-20(14-12-19)8-4-5-16-6-7-17(18(15-16)22(23)24)21-9-2-3-10-21/h6-7,15H,2-5,8-14H2,1H3. The van der Waals surface area contributed by atoms with Crippen molar-refractivity contribution in [1.82, 2.24) is 9.80 Å². The summed E-state index contributed by atoms with van der Waals surface area (Å²) in [6, 6.07) is 5.82. The smallest absolute Gasteiger partial charge is 0.292 e. The fourth-order valence-corrected chi connectivity index (χ4v) is 3.67. The van der Waals surface area contributed by atoms with Gasteiger partial charge in [-0.15, -0.1) is 0 Å². The van der Waals surface area contributed by atoms with Gasteiger partial charge in [0.15, 0.2) is 0 Å². The molecule has 0 spiro atoms. The summed E-state index contributed by atoms with van der Waals surface area (Å²) in [5.74, 6) is 0. The first kappa shape index (κ1) is 17.2. The van der Waals surface area contributed by atoms with Crippen LogP contribution in [0.1, 0.15) is 24.8 Å². The molecular formula is C18H28N4O2. The van der Waals surface area contributed by atoms with E-state index in [0.717, 1.165) is 82.7 Å². The average molecular weight is 332 g/mol. The molecule has 1 aromatic rings. The van der Waals surface area contributed by atoms with E-state index in [1.807, 2.05) is 6.07 Å². The van der Waals surface area contributed by atoms with Gasteiger partial charge < -0.3 is 14.7 Å². The molecule has 2 saturated heterocycles. The summed E-state index contributed by atoms with van der Waals surface area (Å²) >= 11 is 0. The number of nitrogens with zero attached hydrogens (tertiary/aromatic N) is 4. The van der Waals surface area contributed by atoms with E-state index in [4.69, 9.17) is 0 Å². The molecule has 2 fully saturated rings.